The third kappa shape index (κ3) is 3.44. The summed E-state index contributed by atoms with van der Waals surface area (Å²) in [4.78, 5) is 11.1. The average molecular weight is 239 g/mol. The number of hydrogen-bond acceptors (Lipinski definition) is 4. The largest absolute Gasteiger partial charge is 0.465 e. The highest BCUT2D eigenvalue weighted by molar-refractivity contribution is 6.30. The standard InChI is InChI=1S/C11H11ClN2O2/c1-2-16-11(15)7-14-10-5-9(12)4-3-8(10)6-13/h3-5,14H,2,7H2,1H3. The molecule has 1 aromatic rings. The summed E-state index contributed by atoms with van der Waals surface area (Å²) in [6.45, 7) is 2.09. The molecule has 0 atom stereocenters. The summed E-state index contributed by atoms with van der Waals surface area (Å²) in [6, 6.07) is 6.82. The molecule has 0 saturated heterocycles. The van der Waals surface area contributed by atoms with Crippen molar-refractivity contribution in [3.8, 4) is 6.07 Å². The van der Waals surface area contributed by atoms with Gasteiger partial charge in [-0.05, 0) is 25.1 Å². The molecule has 84 valence electrons. The number of hydrogen-bond donors (Lipinski definition) is 1. The minimum absolute atomic E-state index is 0.0167. The van der Waals surface area contributed by atoms with Crippen LogP contribution in [0.15, 0.2) is 18.2 Å². The van der Waals surface area contributed by atoms with Crippen LogP contribution in [0.25, 0.3) is 0 Å². The lowest BCUT2D eigenvalue weighted by Gasteiger charge is -2.07. The third-order valence-corrected chi connectivity index (χ3v) is 2.07. The van der Waals surface area contributed by atoms with Gasteiger partial charge in [0.15, 0.2) is 0 Å². The van der Waals surface area contributed by atoms with Gasteiger partial charge in [-0.3, -0.25) is 4.79 Å². The van der Waals surface area contributed by atoms with E-state index in [-0.39, 0.29) is 12.5 Å². The van der Waals surface area contributed by atoms with Gasteiger partial charge in [0.05, 0.1) is 17.9 Å². The maximum absolute atomic E-state index is 11.1. The first-order valence-corrected chi connectivity index (χ1v) is 5.14. The van der Waals surface area contributed by atoms with Gasteiger partial charge >= 0.3 is 5.97 Å². The van der Waals surface area contributed by atoms with Crippen LogP contribution in [-0.4, -0.2) is 19.1 Å². The molecule has 0 aliphatic carbocycles. The van der Waals surface area contributed by atoms with E-state index in [4.69, 9.17) is 21.6 Å². The molecule has 0 fully saturated rings. The molecular formula is C11H11ClN2O2. The quantitative estimate of drug-likeness (QED) is 0.817. The van der Waals surface area contributed by atoms with Crippen molar-refractivity contribution in [3.63, 3.8) is 0 Å². The number of rotatable bonds is 4. The van der Waals surface area contributed by atoms with Crippen LogP contribution < -0.4 is 5.32 Å². The van der Waals surface area contributed by atoms with E-state index < -0.39 is 0 Å². The first-order valence-electron chi connectivity index (χ1n) is 4.76. The van der Waals surface area contributed by atoms with Crippen LogP contribution in [0.3, 0.4) is 0 Å². The molecule has 0 radical (unpaired) electrons. The number of halogens is 1. The first-order chi connectivity index (χ1) is 7.67. The maximum Gasteiger partial charge on any atom is 0.325 e. The Balaban J connectivity index is 2.70. The SMILES string of the molecule is CCOC(=O)CNc1cc(Cl)ccc1C#N. The number of benzene rings is 1. The van der Waals surface area contributed by atoms with Gasteiger partial charge in [0.2, 0.25) is 0 Å². The molecule has 0 unspecified atom stereocenters. The number of anilines is 1. The lowest BCUT2D eigenvalue weighted by atomic mass is 10.2. The molecule has 0 aromatic heterocycles. The maximum atomic E-state index is 11.1. The van der Waals surface area contributed by atoms with Crippen molar-refractivity contribution < 1.29 is 9.53 Å². The van der Waals surface area contributed by atoms with E-state index in [0.717, 1.165) is 0 Å². The highest BCUT2D eigenvalue weighted by atomic mass is 35.5. The van der Waals surface area contributed by atoms with Gasteiger partial charge < -0.3 is 10.1 Å². The van der Waals surface area contributed by atoms with Gasteiger partial charge in [0, 0.05) is 5.02 Å². The van der Waals surface area contributed by atoms with Crippen LogP contribution in [0, 0.1) is 11.3 Å². The molecule has 5 heteroatoms. The van der Waals surface area contributed by atoms with Gasteiger partial charge in [-0.2, -0.15) is 5.26 Å². The molecule has 1 N–H and O–H groups in total. The molecule has 0 aliphatic rings. The number of ether oxygens (including phenoxy) is 1. The van der Waals surface area contributed by atoms with E-state index in [1.54, 1.807) is 25.1 Å². The molecule has 0 heterocycles. The minimum atomic E-state index is -0.369. The third-order valence-electron chi connectivity index (χ3n) is 1.83. The van der Waals surface area contributed by atoms with Crippen LogP contribution in [0.1, 0.15) is 12.5 Å². The first kappa shape index (κ1) is 12.3. The zero-order chi connectivity index (χ0) is 12.0. The Morgan fingerprint density at radius 2 is 2.38 bits per heavy atom. The predicted molar refractivity (Wildman–Crippen MR) is 61.3 cm³/mol. The summed E-state index contributed by atoms with van der Waals surface area (Å²) in [5.74, 6) is -0.369. The van der Waals surface area contributed by atoms with Crippen molar-refractivity contribution in [2.75, 3.05) is 18.5 Å². The lowest BCUT2D eigenvalue weighted by molar-refractivity contribution is -0.140. The Bertz CT molecular complexity index is 426. The molecular weight excluding hydrogens is 228 g/mol. The van der Waals surface area contributed by atoms with Gasteiger partial charge in [0.1, 0.15) is 12.6 Å². The van der Waals surface area contributed by atoms with E-state index in [9.17, 15) is 4.79 Å². The van der Waals surface area contributed by atoms with Gasteiger partial charge in [-0.25, -0.2) is 0 Å². The summed E-state index contributed by atoms with van der Waals surface area (Å²) in [7, 11) is 0. The monoisotopic (exact) mass is 238 g/mol. The van der Waals surface area contributed by atoms with Crippen LogP contribution in [0.5, 0.6) is 0 Å². The van der Waals surface area contributed by atoms with Crippen molar-refractivity contribution in [1.29, 1.82) is 5.26 Å². The summed E-state index contributed by atoms with van der Waals surface area (Å²) >= 11 is 5.78. The number of nitriles is 1. The molecule has 0 aliphatic heterocycles. The molecule has 0 saturated carbocycles. The summed E-state index contributed by atoms with van der Waals surface area (Å²) in [5, 5.41) is 12.1. The fourth-order valence-corrected chi connectivity index (χ4v) is 1.31. The van der Waals surface area contributed by atoms with E-state index >= 15 is 0 Å². The van der Waals surface area contributed by atoms with Crippen LogP contribution in [0.4, 0.5) is 5.69 Å². The zero-order valence-corrected chi connectivity index (χ0v) is 9.54. The van der Waals surface area contributed by atoms with Gasteiger partial charge in [-0.1, -0.05) is 11.6 Å². The predicted octanol–water partition coefficient (Wildman–Crippen LogP) is 2.19. The second-order valence-electron chi connectivity index (χ2n) is 2.96. The van der Waals surface area contributed by atoms with E-state index in [0.29, 0.717) is 22.9 Å². The second kappa shape index (κ2) is 5.99. The molecule has 4 nitrogen and oxygen atoms in total. The van der Waals surface area contributed by atoms with E-state index in [1.807, 2.05) is 6.07 Å². The summed E-state index contributed by atoms with van der Waals surface area (Å²) < 4.78 is 4.75. The topological polar surface area (TPSA) is 62.1 Å². The molecule has 16 heavy (non-hydrogen) atoms. The Kier molecular flexibility index (Phi) is 4.62. The Hall–Kier alpha value is -1.73. The number of nitrogens with one attached hydrogen (secondary N) is 1. The highest BCUT2D eigenvalue weighted by Gasteiger charge is 2.05. The van der Waals surface area contributed by atoms with Crippen LogP contribution in [-0.2, 0) is 9.53 Å². The molecule has 1 aromatic carbocycles. The number of carbonyl (C=O) groups excluding carboxylic acids is 1. The van der Waals surface area contributed by atoms with Crippen LogP contribution in [0.2, 0.25) is 5.02 Å². The molecule has 0 amide bonds. The lowest BCUT2D eigenvalue weighted by Crippen LogP contribution is -2.17. The van der Waals surface area contributed by atoms with Crippen molar-refractivity contribution in [3.05, 3.63) is 28.8 Å². The van der Waals surface area contributed by atoms with Crippen LogP contribution >= 0.6 is 11.6 Å². The van der Waals surface area contributed by atoms with Gasteiger partial charge in [0.25, 0.3) is 0 Å². The molecule has 1 rings (SSSR count). The van der Waals surface area contributed by atoms with Crippen molar-refractivity contribution >= 4 is 23.3 Å². The van der Waals surface area contributed by atoms with Crippen molar-refractivity contribution in [1.82, 2.24) is 0 Å². The summed E-state index contributed by atoms with van der Waals surface area (Å²) in [6.07, 6.45) is 0. The number of nitrogens with zero attached hydrogens (tertiary/aromatic N) is 1. The normalized spacial score (nSPS) is 9.31. The van der Waals surface area contributed by atoms with Crippen molar-refractivity contribution in [2.45, 2.75) is 6.92 Å². The zero-order valence-electron chi connectivity index (χ0n) is 8.79. The minimum Gasteiger partial charge on any atom is -0.465 e. The van der Waals surface area contributed by atoms with E-state index in [2.05, 4.69) is 5.32 Å². The fraction of sp³-hybridized carbons (Fsp3) is 0.273. The highest BCUT2D eigenvalue weighted by Crippen LogP contribution is 2.19. The number of esters is 1. The molecule has 0 spiro atoms. The number of carbonyl (C=O) groups is 1. The van der Waals surface area contributed by atoms with Gasteiger partial charge in [-0.15, -0.1) is 0 Å². The average Bonchev–Trinajstić information content (AvgIpc) is 2.27. The smallest absolute Gasteiger partial charge is 0.325 e. The van der Waals surface area contributed by atoms with Crippen molar-refractivity contribution in [2.24, 2.45) is 0 Å². The Labute approximate surface area is 98.8 Å². The summed E-state index contributed by atoms with van der Waals surface area (Å²) in [5.41, 5.74) is 0.969. The fourth-order valence-electron chi connectivity index (χ4n) is 1.14. The molecule has 0 bridgehead atoms. The Morgan fingerprint density at radius 1 is 1.62 bits per heavy atom. The Morgan fingerprint density at radius 3 is 3.00 bits per heavy atom. The van der Waals surface area contributed by atoms with E-state index in [1.165, 1.54) is 0 Å². The second-order valence-corrected chi connectivity index (χ2v) is 3.40.